The van der Waals surface area contributed by atoms with E-state index in [1.54, 1.807) is 7.11 Å². The smallest absolute Gasteiger partial charge is 0.133 e. The highest BCUT2D eigenvalue weighted by Gasteiger charge is 2.20. The largest absolute Gasteiger partial charge is 0.385 e. The Morgan fingerprint density at radius 1 is 1.47 bits per heavy atom. The van der Waals surface area contributed by atoms with Gasteiger partial charge in [-0.15, -0.1) is 10.2 Å². The van der Waals surface area contributed by atoms with Crippen LogP contribution in [0.25, 0.3) is 0 Å². The van der Waals surface area contributed by atoms with Gasteiger partial charge in [0.1, 0.15) is 11.6 Å². The minimum atomic E-state index is 0.571. The molecule has 15 heavy (non-hydrogen) atoms. The van der Waals surface area contributed by atoms with Crippen molar-refractivity contribution in [2.45, 2.75) is 45.1 Å². The maximum atomic E-state index is 5.05. The third-order valence-electron chi connectivity index (χ3n) is 3.05. The fraction of sp³-hybridized carbons (Fsp3) is 0.818. The van der Waals surface area contributed by atoms with Crippen molar-refractivity contribution in [3.05, 3.63) is 11.6 Å². The molecule has 2 rings (SSSR count). The van der Waals surface area contributed by atoms with E-state index in [0.29, 0.717) is 6.04 Å². The summed E-state index contributed by atoms with van der Waals surface area (Å²) in [5.74, 6) is 2.30. The maximum absolute atomic E-state index is 5.05. The number of hydrogen-bond donors (Lipinski definition) is 0. The van der Waals surface area contributed by atoms with Gasteiger partial charge in [-0.2, -0.15) is 0 Å². The standard InChI is InChI=1S/C11H19N3O/c1-9-5-3-6-10-12-13-11(14(9)10)7-4-8-15-2/h9H,3-8H2,1-2H3. The molecule has 0 spiro atoms. The molecule has 0 N–H and O–H groups in total. The van der Waals surface area contributed by atoms with Crippen LogP contribution in [0.3, 0.4) is 0 Å². The number of methoxy groups -OCH3 is 1. The Morgan fingerprint density at radius 3 is 3.13 bits per heavy atom. The zero-order valence-corrected chi connectivity index (χ0v) is 9.57. The van der Waals surface area contributed by atoms with Gasteiger partial charge >= 0.3 is 0 Å². The van der Waals surface area contributed by atoms with Gasteiger partial charge in [-0.1, -0.05) is 0 Å². The molecule has 1 aromatic heterocycles. The number of aromatic nitrogens is 3. The van der Waals surface area contributed by atoms with Gasteiger partial charge in [-0.25, -0.2) is 0 Å². The van der Waals surface area contributed by atoms with Gasteiger partial charge in [0.15, 0.2) is 0 Å². The Hall–Kier alpha value is -0.900. The normalized spacial score (nSPS) is 20.3. The second kappa shape index (κ2) is 4.75. The number of hydrogen-bond acceptors (Lipinski definition) is 3. The van der Waals surface area contributed by atoms with Crippen LogP contribution in [-0.4, -0.2) is 28.5 Å². The van der Waals surface area contributed by atoms with E-state index in [-0.39, 0.29) is 0 Å². The summed E-state index contributed by atoms with van der Waals surface area (Å²) in [6, 6.07) is 0.571. The van der Waals surface area contributed by atoms with E-state index in [9.17, 15) is 0 Å². The maximum Gasteiger partial charge on any atom is 0.133 e. The molecule has 0 aromatic carbocycles. The van der Waals surface area contributed by atoms with Crippen LogP contribution in [-0.2, 0) is 17.6 Å². The Morgan fingerprint density at radius 2 is 2.33 bits per heavy atom. The summed E-state index contributed by atoms with van der Waals surface area (Å²) in [7, 11) is 1.74. The lowest BCUT2D eigenvalue weighted by atomic mass is 10.1. The summed E-state index contributed by atoms with van der Waals surface area (Å²) in [6.45, 7) is 3.06. The van der Waals surface area contributed by atoms with Gasteiger partial charge < -0.3 is 9.30 Å². The van der Waals surface area contributed by atoms with Crippen LogP contribution in [0.4, 0.5) is 0 Å². The average Bonchev–Trinajstić information content (AvgIpc) is 2.63. The van der Waals surface area contributed by atoms with Crippen molar-refractivity contribution in [2.75, 3.05) is 13.7 Å². The van der Waals surface area contributed by atoms with Crippen molar-refractivity contribution in [3.8, 4) is 0 Å². The van der Waals surface area contributed by atoms with Gasteiger partial charge in [0.05, 0.1) is 0 Å². The van der Waals surface area contributed by atoms with E-state index in [0.717, 1.165) is 31.7 Å². The summed E-state index contributed by atoms with van der Waals surface area (Å²) in [6.07, 6.45) is 5.59. The highest BCUT2D eigenvalue weighted by atomic mass is 16.5. The summed E-state index contributed by atoms with van der Waals surface area (Å²) in [5, 5.41) is 8.54. The van der Waals surface area contributed by atoms with E-state index in [1.807, 2.05) is 0 Å². The number of ether oxygens (including phenoxy) is 1. The lowest BCUT2D eigenvalue weighted by Gasteiger charge is -2.22. The Labute approximate surface area is 90.7 Å². The first-order valence-electron chi connectivity index (χ1n) is 5.74. The van der Waals surface area contributed by atoms with E-state index in [1.165, 1.54) is 18.7 Å². The van der Waals surface area contributed by atoms with E-state index < -0.39 is 0 Å². The first-order chi connectivity index (χ1) is 7.33. The number of rotatable bonds is 4. The molecule has 84 valence electrons. The summed E-state index contributed by atoms with van der Waals surface area (Å²) in [4.78, 5) is 0. The van der Waals surface area contributed by atoms with Crippen molar-refractivity contribution < 1.29 is 4.74 Å². The molecule has 1 aliphatic rings. The van der Waals surface area contributed by atoms with Crippen molar-refractivity contribution >= 4 is 0 Å². The highest BCUT2D eigenvalue weighted by Crippen LogP contribution is 2.24. The Kier molecular flexibility index (Phi) is 3.36. The van der Waals surface area contributed by atoms with Crippen LogP contribution in [0.5, 0.6) is 0 Å². The molecule has 4 heteroatoms. The summed E-state index contributed by atoms with van der Waals surface area (Å²) < 4.78 is 7.37. The molecule has 0 bridgehead atoms. The van der Waals surface area contributed by atoms with Crippen LogP contribution >= 0.6 is 0 Å². The van der Waals surface area contributed by atoms with E-state index in [4.69, 9.17) is 4.74 Å². The van der Waals surface area contributed by atoms with Gasteiger partial charge in [0.25, 0.3) is 0 Å². The average molecular weight is 209 g/mol. The molecule has 0 saturated heterocycles. The van der Waals surface area contributed by atoms with Gasteiger partial charge in [-0.3, -0.25) is 0 Å². The SMILES string of the molecule is COCCCc1nnc2n1C(C)CCC2. The lowest BCUT2D eigenvalue weighted by molar-refractivity contribution is 0.194. The molecule has 2 heterocycles. The molecule has 1 unspecified atom stereocenters. The quantitative estimate of drug-likeness (QED) is 0.709. The predicted octanol–water partition coefficient (Wildman–Crippen LogP) is 1.75. The van der Waals surface area contributed by atoms with Crippen molar-refractivity contribution in [3.63, 3.8) is 0 Å². The first-order valence-corrected chi connectivity index (χ1v) is 5.74. The van der Waals surface area contributed by atoms with Crippen molar-refractivity contribution in [2.24, 2.45) is 0 Å². The zero-order chi connectivity index (χ0) is 10.7. The van der Waals surface area contributed by atoms with Crippen LogP contribution in [0.2, 0.25) is 0 Å². The number of fused-ring (bicyclic) bond motifs is 1. The Bertz CT molecular complexity index is 322. The highest BCUT2D eigenvalue weighted by molar-refractivity contribution is 5.01. The molecular weight excluding hydrogens is 190 g/mol. The van der Waals surface area contributed by atoms with Gasteiger partial charge in [0, 0.05) is 32.6 Å². The third kappa shape index (κ3) is 2.20. The molecule has 0 amide bonds. The minimum Gasteiger partial charge on any atom is -0.385 e. The van der Waals surface area contributed by atoms with Crippen LogP contribution in [0, 0.1) is 0 Å². The minimum absolute atomic E-state index is 0.571. The predicted molar refractivity (Wildman–Crippen MR) is 57.9 cm³/mol. The molecule has 0 aliphatic carbocycles. The number of aryl methyl sites for hydroxylation is 2. The van der Waals surface area contributed by atoms with Gasteiger partial charge in [-0.05, 0) is 26.2 Å². The first kappa shape index (κ1) is 10.6. The van der Waals surface area contributed by atoms with Crippen LogP contribution in [0.1, 0.15) is 43.9 Å². The van der Waals surface area contributed by atoms with Crippen molar-refractivity contribution in [1.29, 1.82) is 0 Å². The van der Waals surface area contributed by atoms with Gasteiger partial charge in [0.2, 0.25) is 0 Å². The zero-order valence-electron chi connectivity index (χ0n) is 9.57. The van der Waals surface area contributed by atoms with E-state index in [2.05, 4.69) is 21.7 Å². The fourth-order valence-corrected chi connectivity index (χ4v) is 2.27. The Balaban J connectivity index is 2.08. The number of nitrogens with zero attached hydrogens (tertiary/aromatic N) is 3. The molecule has 0 saturated carbocycles. The summed E-state index contributed by atoms with van der Waals surface area (Å²) in [5.41, 5.74) is 0. The molecular formula is C11H19N3O. The molecule has 0 fully saturated rings. The van der Waals surface area contributed by atoms with Crippen LogP contribution in [0.15, 0.2) is 0 Å². The monoisotopic (exact) mass is 209 g/mol. The second-order valence-corrected chi connectivity index (χ2v) is 4.24. The molecule has 1 atom stereocenters. The van der Waals surface area contributed by atoms with Crippen LogP contribution < -0.4 is 0 Å². The lowest BCUT2D eigenvalue weighted by Crippen LogP contribution is -2.17. The second-order valence-electron chi connectivity index (χ2n) is 4.24. The third-order valence-corrected chi connectivity index (χ3v) is 3.05. The summed E-state index contributed by atoms with van der Waals surface area (Å²) >= 11 is 0. The van der Waals surface area contributed by atoms with Crippen molar-refractivity contribution in [1.82, 2.24) is 14.8 Å². The topological polar surface area (TPSA) is 39.9 Å². The van der Waals surface area contributed by atoms with E-state index >= 15 is 0 Å². The molecule has 1 aliphatic heterocycles. The molecule has 1 aromatic rings. The molecule has 4 nitrogen and oxygen atoms in total. The molecule has 0 radical (unpaired) electrons. The fourth-order valence-electron chi connectivity index (χ4n) is 2.27.